The van der Waals surface area contributed by atoms with Crippen LogP contribution < -0.4 is 0 Å². The molecule has 2 rings (SSSR count). The van der Waals surface area contributed by atoms with Gasteiger partial charge in [-0.1, -0.05) is 36.4 Å². The molecule has 0 unspecified atom stereocenters. The molecule has 0 spiro atoms. The van der Waals surface area contributed by atoms with Gasteiger partial charge in [-0.05, 0) is 25.8 Å². The van der Waals surface area contributed by atoms with E-state index in [1.54, 1.807) is 19.9 Å². The van der Waals surface area contributed by atoms with Gasteiger partial charge >= 0.3 is 12.1 Å². The summed E-state index contributed by atoms with van der Waals surface area (Å²) in [7, 11) is 1.23. The molecule has 3 atom stereocenters. The fourth-order valence-electron chi connectivity index (χ4n) is 3.32. The predicted molar refractivity (Wildman–Crippen MR) is 91.7 cm³/mol. The minimum atomic E-state index is -1.08. The van der Waals surface area contributed by atoms with Crippen molar-refractivity contribution in [2.75, 3.05) is 7.11 Å². The molecule has 0 N–H and O–H groups in total. The Balaban J connectivity index is 2.26. The zero-order valence-corrected chi connectivity index (χ0v) is 14.7. The topological polar surface area (TPSA) is 72.9 Å². The van der Waals surface area contributed by atoms with Gasteiger partial charge in [0.1, 0.15) is 12.6 Å². The van der Waals surface area contributed by atoms with Crippen LogP contribution in [0.1, 0.15) is 25.8 Å². The first-order valence-electron chi connectivity index (χ1n) is 8.09. The van der Waals surface area contributed by atoms with Gasteiger partial charge in [0.15, 0.2) is 5.78 Å². The molecule has 6 heteroatoms. The number of hydrogen-bond acceptors (Lipinski definition) is 5. The van der Waals surface area contributed by atoms with E-state index in [0.29, 0.717) is 0 Å². The Bertz CT molecular complexity index is 672. The molecule has 0 saturated carbocycles. The summed E-state index contributed by atoms with van der Waals surface area (Å²) in [6, 6.07) is 7.36. The summed E-state index contributed by atoms with van der Waals surface area (Å²) >= 11 is 0. The van der Waals surface area contributed by atoms with E-state index >= 15 is 0 Å². The summed E-state index contributed by atoms with van der Waals surface area (Å²) in [5.74, 6) is -0.849. The molecule has 1 aliphatic rings. The number of methoxy groups -OCH3 is 1. The zero-order chi connectivity index (χ0) is 18.6. The van der Waals surface area contributed by atoms with Crippen molar-refractivity contribution in [3.05, 3.63) is 48.6 Å². The average Bonchev–Trinajstić information content (AvgIpc) is 2.81. The number of rotatable bonds is 5. The van der Waals surface area contributed by atoms with Crippen molar-refractivity contribution >= 4 is 17.8 Å². The van der Waals surface area contributed by atoms with Gasteiger partial charge in [0, 0.05) is 0 Å². The highest BCUT2D eigenvalue weighted by Gasteiger charge is 2.60. The normalized spacial score (nSPS) is 25.6. The highest BCUT2D eigenvalue weighted by atomic mass is 16.6. The van der Waals surface area contributed by atoms with Crippen LogP contribution in [0.3, 0.4) is 0 Å². The van der Waals surface area contributed by atoms with Crippen molar-refractivity contribution < 1.29 is 23.9 Å². The second kappa shape index (κ2) is 7.51. The Morgan fingerprint density at radius 1 is 1.32 bits per heavy atom. The second-order valence-electron chi connectivity index (χ2n) is 6.32. The molecule has 1 fully saturated rings. The first-order chi connectivity index (χ1) is 11.9. The maximum absolute atomic E-state index is 12.7. The Kier molecular flexibility index (Phi) is 5.62. The third-order valence-corrected chi connectivity index (χ3v) is 4.65. The van der Waals surface area contributed by atoms with Gasteiger partial charge in [-0.3, -0.25) is 9.69 Å². The molecule has 0 bridgehead atoms. The number of amides is 1. The summed E-state index contributed by atoms with van der Waals surface area (Å²) in [6.07, 6.45) is 1.12. The maximum Gasteiger partial charge on any atom is 0.411 e. The number of carbonyl (C=O) groups excluding carboxylic acids is 3. The standard InChI is InChI=1S/C19H23NO5/c1-5-11-19(3)15(17(22)24-4)20(13(2)16(19)21)18(23)25-12-14-9-7-6-8-10-14/h5-10,13,15H,1,11-12H2,2-4H3/t13-,15+,19-/m0/s1. The van der Waals surface area contributed by atoms with Gasteiger partial charge in [0.05, 0.1) is 18.6 Å². The van der Waals surface area contributed by atoms with E-state index in [2.05, 4.69) is 6.58 Å². The number of allylic oxidation sites excluding steroid dienone is 1. The molecule has 6 nitrogen and oxygen atoms in total. The monoisotopic (exact) mass is 345 g/mol. The smallest absolute Gasteiger partial charge is 0.411 e. The van der Waals surface area contributed by atoms with E-state index in [0.717, 1.165) is 5.56 Å². The molecule has 1 saturated heterocycles. The fraction of sp³-hybridized carbons (Fsp3) is 0.421. The zero-order valence-electron chi connectivity index (χ0n) is 14.7. The largest absolute Gasteiger partial charge is 0.467 e. The van der Waals surface area contributed by atoms with Crippen molar-refractivity contribution in [1.82, 2.24) is 4.90 Å². The van der Waals surface area contributed by atoms with Crippen molar-refractivity contribution in [2.24, 2.45) is 5.41 Å². The van der Waals surface area contributed by atoms with Gasteiger partial charge in [-0.15, -0.1) is 6.58 Å². The number of likely N-dealkylation sites (tertiary alicyclic amines) is 1. The van der Waals surface area contributed by atoms with Gasteiger partial charge in [-0.25, -0.2) is 9.59 Å². The Morgan fingerprint density at radius 2 is 1.96 bits per heavy atom. The van der Waals surface area contributed by atoms with Crippen LogP contribution in [0.5, 0.6) is 0 Å². The molecular weight excluding hydrogens is 322 g/mol. The van der Waals surface area contributed by atoms with Crippen molar-refractivity contribution in [1.29, 1.82) is 0 Å². The number of ketones is 1. The molecule has 1 aromatic rings. The SMILES string of the molecule is C=CC[C@]1(C)C(=O)[C@H](C)N(C(=O)OCc2ccccc2)[C@@H]1C(=O)OC. The van der Waals surface area contributed by atoms with E-state index < -0.39 is 29.6 Å². The molecule has 0 aromatic heterocycles. The van der Waals surface area contributed by atoms with Crippen molar-refractivity contribution in [2.45, 2.75) is 39.0 Å². The maximum atomic E-state index is 12.7. The van der Waals surface area contributed by atoms with E-state index in [9.17, 15) is 14.4 Å². The predicted octanol–water partition coefficient (Wildman–Crippen LogP) is 2.72. The van der Waals surface area contributed by atoms with Crippen LogP contribution in [0.15, 0.2) is 43.0 Å². The molecule has 25 heavy (non-hydrogen) atoms. The Labute approximate surface area is 147 Å². The van der Waals surface area contributed by atoms with Crippen LogP contribution in [-0.4, -0.2) is 41.9 Å². The summed E-state index contributed by atoms with van der Waals surface area (Å²) in [6.45, 7) is 6.96. The lowest BCUT2D eigenvalue weighted by molar-refractivity contribution is -0.150. The van der Waals surface area contributed by atoms with Gasteiger partial charge in [0.25, 0.3) is 0 Å². The van der Waals surface area contributed by atoms with Crippen LogP contribution in [0.4, 0.5) is 4.79 Å². The summed E-state index contributed by atoms with van der Waals surface area (Å²) < 4.78 is 10.2. The summed E-state index contributed by atoms with van der Waals surface area (Å²) in [5, 5.41) is 0. The number of nitrogens with zero attached hydrogens (tertiary/aromatic N) is 1. The molecule has 1 amide bonds. The van der Waals surface area contributed by atoms with E-state index in [-0.39, 0.29) is 18.8 Å². The quantitative estimate of drug-likeness (QED) is 0.606. The molecule has 134 valence electrons. The van der Waals surface area contributed by atoms with E-state index in [1.165, 1.54) is 12.0 Å². The van der Waals surface area contributed by atoms with Gasteiger partial charge in [-0.2, -0.15) is 0 Å². The fourth-order valence-corrected chi connectivity index (χ4v) is 3.32. The minimum absolute atomic E-state index is 0.0587. The van der Waals surface area contributed by atoms with Crippen molar-refractivity contribution in [3.8, 4) is 0 Å². The highest BCUT2D eigenvalue weighted by molar-refractivity contribution is 6.02. The first-order valence-corrected chi connectivity index (χ1v) is 8.09. The summed E-state index contributed by atoms with van der Waals surface area (Å²) in [4.78, 5) is 38.9. The van der Waals surface area contributed by atoms with Gasteiger partial charge in [0.2, 0.25) is 0 Å². The Hall–Kier alpha value is -2.63. The lowest BCUT2D eigenvalue weighted by atomic mass is 9.77. The van der Waals surface area contributed by atoms with Crippen LogP contribution >= 0.6 is 0 Å². The number of carbonyl (C=O) groups is 3. The molecule has 0 radical (unpaired) electrons. The number of hydrogen-bond donors (Lipinski definition) is 0. The van der Waals surface area contributed by atoms with Crippen molar-refractivity contribution in [3.63, 3.8) is 0 Å². The van der Waals surface area contributed by atoms with Crippen LogP contribution in [0, 0.1) is 5.41 Å². The number of benzene rings is 1. The summed E-state index contributed by atoms with van der Waals surface area (Å²) in [5.41, 5.74) is -0.266. The number of ether oxygens (including phenoxy) is 2. The Morgan fingerprint density at radius 3 is 2.52 bits per heavy atom. The van der Waals surface area contributed by atoms with Crippen LogP contribution in [-0.2, 0) is 25.7 Å². The van der Waals surface area contributed by atoms with Gasteiger partial charge < -0.3 is 9.47 Å². The minimum Gasteiger partial charge on any atom is -0.467 e. The van der Waals surface area contributed by atoms with Crippen LogP contribution in [0.25, 0.3) is 0 Å². The number of Topliss-reactive ketones (excluding diaryl/α,β-unsaturated/α-hetero) is 1. The highest BCUT2D eigenvalue weighted by Crippen LogP contribution is 2.41. The molecule has 1 aromatic carbocycles. The average molecular weight is 345 g/mol. The van der Waals surface area contributed by atoms with E-state index in [4.69, 9.17) is 9.47 Å². The lowest BCUT2D eigenvalue weighted by Crippen LogP contribution is -2.49. The molecule has 1 heterocycles. The number of esters is 1. The third kappa shape index (κ3) is 3.43. The first kappa shape index (κ1) is 18.7. The molecular formula is C19H23NO5. The third-order valence-electron chi connectivity index (χ3n) is 4.65. The second-order valence-corrected chi connectivity index (χ2v) is 6.32. The van der Waals surface area contributed by atoms with Crippen LogP contribution in [0.2, 0.25) is 0 Å². The lowest BCUT2D eigenvalue weighted by Gasteiger charge is -2.30. The molecule has 1 aliphatic heterocycles. The van der Waals surface area contributed by atoms with E-state index in [1.807, 2.05) is 30.3 Å². The molecule has 0 aliphatic carbocycles.